The Morgan fingerprint density at radius 2 is 1.70 bits per heavy atom. The van der Waals surface area contributed by atoms with Crippen molar-refractivity contribution in [1.29, 1.82) is 0 Å². The summed E-state index contributed by atoms with van der Waals surface area (Å²) in [7, 11) is -2.27. The summed E-state index contributed by atoms with van der Waals surface area (Å²) in [6.45, 7) is 0. The van der Waals surface area contributed by atoms with E-state index in [0.29, 0.717) is 38.4 Å². The number of amides is 1. The van der Waals surface area contributed by atoms with Gasteiger partial charge in [-0.25, -0.2) is 13.4 Å². The first kappa shape index (κ1) is 22.8. The largest absolute Gasteiger partial charge is 0.497 e. The molecule has 0 bridgehead atoms. The second-order valence-corrected chi connectivity index (χ2v) is 9.80. The van der Waals surface area contributed by atoms with E-state index >= 15 is 0 Å². The van der Waals surface area contributed by atoms with Gasteiger partial charge in [0.25, 0.3) is 15.9 Å². The lowest BCUT2D eigenvalue weighted by Gasteiger charge is -2.11. The number of aromatic nitrogens is 1. The zero-order chi connectivity index (χ0) is 23.4. The van der Waals surface area contributed by atoms with Crippen LogP contribution in [0.25, 0.3) is 11.3 Å². The molecule has 1 heterocycles. The van der Waals surface area contributed by atoms with Crippen molar-refractivity contribution in [2.45, 2.75) is 4.90 Å². The van der Waals surface area contributed by atoms with Crippen LogP contribution in [0.2, 0.25) is 5.02 Å². The van der Waals surface area contributed by atoms with Gasteiger partial charge in [0.15, 0.2) is 5.13 Å². The number of ether oxygens (including phenoxy) is 1. The number of para-hydroxylation sites is 1. The van der Waals surface area contributed by atoms with Gasteiger partial charge in [-0.15, -0.1) is 11.3 Å². The standard InChI is InChI=1S/C23H18ClN3O4S2/c1-31-17-10-6-15(7-11-17)22(28)26-23-25-21(14-32-23)19-4-2-3-5-20(19)27-33(29,30)18-12-8-16(24)9-13-18/h2-14,27H,1H3,(H,25,26,28). The molecule has 0 spiro atoms. The molecule has 0 saturated heterocycles. The van der Waals surface area contributed by atoms with E-state index in [-0.39, 0.29) is 10.8 Å². The number of nitrogens with one attached hydrogen (secondary N) is 2. The normalized spacial score (nSPS) is 11.1. The van der Waals surface area contributed by atoms with Crippen molar-refractivity contribution in [1.82, 2.24) is 4.98 Å². The number of carbonyl (C=O) groups excluding carboxylic acids is 1. The van der Waals surface area contributed by atoms with E-state index in [1.165, 1.54) is 35.6 Å². The molecule has 1 aromatic heterocycles. The third-order valence-corrected chi connectivity index (χ3v) is 7.04. The van der Waals surface area contributed by atoms with Crippen LogP contribution < -0.4 is 14.8 Å². The molecule has 7 nitrogen and oxygen atoms in total. The van der Waals surface area contributed by atoms with Crippen molar-refractivity contribution in [3.8, 4) is 17.0 Å². The lowest BCUT2D eigenvalue weighted by Crippen LogP contribution is -2.13. The van der Waals surface area contributed by atoms with Crippen LogP contribution in [0.15, 0.2) is 83.1 Å². The van der Waals surface area contributed by atoms with Gasteiger partial charge in [0, 0.05) is 21.5 Å². The third kappa shape index (κ3) is 5.33. The summed E-state index contributed by atoms with van der Waals surface area (Å²) in [5, 5.41) is 5.35. The van der Waals surface area contributed by atoms with Gasteiger partial charge in [-0.1, -0.05) is 29.8 Å². The van der Waals surface area contributed by atoms with Crippen LogP contribution in [0.4, 0.5) is 10.8 Å². The predicted octanol–water partition coefficient (Wildman–Crippen LogP) is 5.53. The minimum absolute atomic E-state index is 0.0902. The summed E-state index contributed by atoms with van der Waals surface area (Å²) in [6, 6.07) is 19.5. The van der Waals surface area contributed by atoms with Gasteiger partial charge in [-0.3, -0.25) is 14.8 Å². The fraction of sp³-hybridized carbons (Fsp3) is 0.0435. The van der Waals surface area contributed by atoms with Crippen molar-refractivity contribution < 1.29 is 17.9 Å². The number of carbonyl (C=O) groups is 1. The second-order valence-electron chi connectivity index (χ2n) is 6.83. The van der Waals surface area contributed by atoms with E-state index in [2.05, 4.69) is 15.0 Å². The summed E-state index contributed by atoms with van der Waals surface area (Å²) < 4.78 is 33.3. The summed E-state index contributed by atoms with van der Waals surface area (Å²) >= 11 is 7.10. The third-order valence-electron chi connectivity index (χ3n) is 4.65. The average molecular weight is 500 g/mol. The summed E-state index contributed by atoms with van der Waals surface area (Å²) in [4.78, 5) is 17.1. The zero-order valence-corrected chi connectivity index (χ0v) is 19.7. The number of benzene rings is 3. The van der Waals surface area contributed by atoms with Crippen LogP contribution in [-0.4, -0.2) is 26.4 Å². The molecule has 0 aliphatic rings. The average Bonchev–Trinajstić information content (AvgIpc) is 3.27. The molecular weight excluding hydrogens is 482 g/mol. The molecule has 4 aromatic rings. The number of halogens is 1. The number of hydrogen-bond donors (Lipinski definition) is 2. The van der Waals surface area contributed by atoms with Gasteiger partial charge in [-0.05, 0) is 54.6 Å². The van der Waals surface area contributed by atoms with E-state index < -0.39 is 10.0 Å². The monoisotopic (exact) mass is 499 g/mol. The Morgan fingerprint density at radius 3 is 2.39 bits per heavy atom. The molecule has 0 atom stereocenters. The molecule has 0 aliphatic carbocycles. The summed E-state index contributed by atoms with van der Waals surface area (Å²) in [6.07, 6.45) is 0. The number of nitrogens with zero attached hydrogens (tertiary/aromatic N) is 1. The molecule has 0 fully saturated rings. The molecular formula is C23H18ClN3O4S2. The topological polar surface area (TPSA) is 97.4 Å². The van der Waals surface area contributed by atoms with E-state index in [1.807, 2.05) is 0 Å². The minimum atomic E-state index is -3.83. The van der Waals surface area contributed by atoms with Gasteiger partial charge < -0.3 is 4.74 Å². The Balaban J connectivity index is 1.55. The van der Waals surface area contributed by atoms with E-state index in [1.54, 1.807) is 61.0 Å². The van der Waals surface area contributed by atoms with E-state index in [0.717, 1.165) is 0 Å². The highest BCUT2D eigenvalue weighted by Gasteiger charge is 2.18. The summed E-state index contributed by atoms with van der Waals surface area (Å²) in [5.74, 6) is 0.344. The highest BCUT2D eigenvalue weighted by Crippen LogP contribution is 2.32. The first-order valence-electron chi connectivity index (χ1n) is 9.64. The van der Waals surface area contributed by atoms with Crippen molar-refractivity contribution >= 4 is 49.7 Å². The second kappa shape index (κ2) is 9.62. The Morgan fingerprint density at radius 1 is 1.00 bits per heavy atom. The molecule has 3 aromatic carbocycles. The fourth-order valence-corrected chi connectivity index (χ4v) is 4.89. The Hall–Kier alpha value is -3.40. The van der Waals surface area contributed by atoms with Crippen LogP contribution in [0.5, 0.6) is 5.75 Å². The first-order valence-corrected chi connectivity index (χ1v) is 12.4. The molecule has 1 amide bonds. The van der Waals surface area contributed by atoms with Crippen LogP contribution in [-0.2, 0) is 10.0 Å². The van der Waals surface area contributed by atoms with Gasteiger partial charge in [0.05, 0.1) is 23.4 Å². The summed E-state index contributed by atoms with van der Waals surface area (Å²) in [5.41, 5.74) is 1.94. The van der Waals surface area contributed by atoms with Crippen LogP contribution in [0.1, 0.15) is 10.4 Å². The fourth-order valence-electron chi connectivity index (χ4n) is 2.98. The van der Waals surface area contributed by atoms with Crippen LogP contribution >= 0.6 is 22.9 Å². The predicted molar refractivity (Wildman–Crippen MR) is 131 cm³/mol. The number of rotatable bonds is 7. The van der Waals surface area contributed by atoms with Crippen molar-refractivity contribution in [2.24, 2.45) is 0 Å². The lowest BCUT2D eigenvalue weighted by atomic mass is 10.1. The maximum Gasteiger partial charge on any atom is 0.261 e. The number of methoxy groups -OCH3 is 1. The van der Waals surface area contributed by atoms with E-state index in [9.17, 15) is 13.2 Å². The highest BCUT2D eigenvalue weighted by molar-refractivity contribution is 7.92. The molecule has 0 unspecified atom stereocenters. The Kier molecular flexibility index (Phi) is 6.64. The number of thiazole rings is 1. The molecule has 0 aliphatic heterocycles. The van der Waals surface area contributed by atoms with Crippen molar-refractivity contribution in [3.63, 3.8) is 0 Å². The zero-order valence-electron chi connectivity index (χ0n) is 17.3. The number of hydrogen-bond acceptors (Lipinski definition) is 6. The number of sulfonamides is 1. The van der Waals surface area contributed by atoms with Crippen LogP contribution in [0, 0.1) is 0 Å². The van der Waals surface area contributed by atoms with E-state index in [4.69, 9.17) is 16.3 Å². The maximum absolute atomic E-state index is 12.8. The maximum atomic E-state index is 12.8. The Bertz CT molecular complexity index is 1390. The van der Waals surface area contributed by atoms with Crippen LogP contribution in [0.3, 0.4) is 0 Å². The quantitative estimate of drug-likeness (QED) is 0.348. The molecule has 10 heteroatoms. The van der Waals surface area contributed by atoms with Gasteiger partial charge in [-0.2, -0.15) is 0 Å². The lowest BCUT2D eigenvalue weighted by molar-refractivity contribution is 0.102. The van der Waals surface area contributed by atoms with Crippen molar-refractivity contribution in [2.75, 3.05) is 17.1 Å². The van der Waals surface area contributed by atoms with Gasteiger partial charge >= 0.3 is 0 Å². The van der Waals surface area contributed by atoms with Gasteiger partial charge in [0.1, 0.15) is 5.75 Å². The molecule has 2 N–H and O–H groups in total. The highest BCUT2D eigenvalue weighted by atomic mass is 35.5. The SMILES string of the molecule is COc1ccc(C(=O)Nc2nc(-c3ccccc3NS(=O)(=O)c3ccc(Cl)cc3)cs2)cc1. The molecule has 4 rings (SSSR count). The molecule has 0 radical (unpaired) electrons. The van der Waals surface area contributed by atoms with Crippen molar-refractivity contribution in [3.05, 3.63) is 88.8 Å². The minimum Gasteiger partial charge on any atom is -0.497 e. The number of anilines is 2. The molecule has 33 heavy (non-hydrogen) atoms. The first-order chi connectivity index (χ1) is 15.9. The Labute approximate surface area is 200 Å². The molecule has 0 saturated carbocycles. The van der Waals surface area contributed by atoms with Gasteiger partial charge in [0.2, 0.25) is 0 Å². The smallest absolute Gasteiger partial charge is 0.261 e. The molecule has 168 valence electrons.